The van der Waals surface area contributed by atoms with Crippen LogP contribution >= 0.6 is 0 Å². The Hall–Kier alpha value is -4.17. The van der Waals surface area contributed by atoms with Gasteiger partial charge in [0, 0.05) is 5.56 Å². The predicted molar refractivity (Wildman–Crippen MR) is 132 cm³/mol. The summed E-state index contributed by atoms with van der Waals surface area (Å²) in [4.78, 5) is 25.1. The van der Waals surface area contributed by atoms with Crippen LogP contribution in [0.4, 0.5) is 10.5 Å². The summed E-state index contributed by atoms with van der Waals surface area (Å²) in [6.45, 7) is 5.82. The summed E-state index contributed by atoms with van der Waals surface area (Å²) in [6, 6.07) is 18.6. The number of benzene rings is 3. The van der Waals surface area contributed by atoms with Crippen molar-refractivity contribution in [2.24, 2.45) is 0 Å². The van der Waals surface area contributed by atoms with Gasteiger partial charge in [-0.1, -0.05) is 60.7 Å². The minimum absolute atomic E-state index is 0.0403. The van der Waals surface area contributed by atoms with Crippen LogP contribution in [0.1, 0.15) is 21.5 Å². The number of sulfonamides is 1. The maximum atomic E-state index is 12.8. The number of aryl methyl sites for hydroxylation is 1. The van der Waals surface area contributed by atoms with Gasteiger partial charge in [0.05, 0.1) is 10.6 Å². The number of amides is 2. The number of carbonyl (C=O) groups excluding carboxylic acids is 2. The average Bonchev–Trinajstić information content (AvgIpc) is 2.82. The molecular weight excluding hydrogens is 452 g/mol. The summed E-state index contributed by atoms with van der Waals surface area (Å²) in [5, 5.41) is 2.45. The Balaban J connectivity index is 1.69. The lowest BCUT2D eigenvalue weighted by atomic mass is 10.1. The summed E-state index contributed by atoms with van der Waals surface area (Å²) in [5.74, 6) is 0.328. The Kier molecular flexibility index (Phi) is 8.00. The molecule has 0 aliphatic carbocycles. The monoisotopic (exact) mass is 476 g/mol. The zero-order valence-electron chi connectivity index (χ0n) is 18.5. The molecule has 0 radical (unpaired) electrons. The van der Waals surface area contributed by atoms with Gasteiger partial charge in [0.2, 0.25) is 0 Å². The van der Waals surface area contributed by atoms with E-state index >= 15 is 0 Å². The van der Waals surface area contributed by atoms with E-state index in [2.05, 4.69) is 11.9 Å². The summed E-state index contributed by atoms with van der Waals surface area (Å²) in [7, 11) is -4.06. The Morgan fingerprint density at radius 2 is 1.65 bits per heavy atom. The molecule has 34 heavy (non-hydrogen) atoms. The molecule has 0 aliphatic rings. The Morgan fingerprint density at radius 3 is 2.32 bits per heavy atom. The van der Waals surface area contributed by atoms with Gasteiger partial charge in [-0.3, -0.25) is 4.79 Å². The van der Waals surface area contributed by atoms with Crippen LogP contribution in [0, 0.1) is 6.92 Å². The highest BCUT2D eigenvalue weighted by Gasteiger charge is 2.19. The SMILES string of the molecule is C=CCOc1ccc(/C=C/C(=O)c2ccccc2NC(=O)NS(=O)(=O)c2ccc(C)cc2)cc1. The summed E-state index contributed by atoms with van der Waals surface area (Å²) in [5.41, 5.74) is 2.07. The molecule has 2 N–H and O–H groups in total. The third-order valence-corrected chi connectivity index (χ3v) is 6.02. The van der Waals surface area contributed by atoms with E-state index in [-0.39, 0.29) is 21.9 Å². The van der Waals surface area contributed by atoms with Crippen molar-refractivity contribution in [1.29, 1.82) is 0 Å². The van der Waals surface area contributed by atoms with Crippen molar-refractivity contribution in [2.45, 2.75) is 11.8 Å². The number of carbonyl (C=O) groups is 2. The second-order valence-electron chi connectivity index (χ2n) is 7.28. The molecule has 0 unspecified atom stereocenters. The Labute approximate surface area is 198 Å². The van der Waals surface area contributed by atoms with Crippen LogP contribution in [-0.4, -0.2) is 26.8 Å². The highest BCUT2D eigenvalue weighted by molar-refractivity contribution is 7.90. The number of urea groups is 1. The summed E-state index contributed by atoms with van der Waals surface area (Å²) in [6.07, 6.45) is 4.66. The zero-order valence-corrected chi connectivity index (χ0v) is 19.3. The molecule has 2 amide bonds. The van der Waals surface area contributed by atoms with Gasteiger partial charge in [0.1, 0.15) is 12.4 Å². The third kappa shape index (κ3) is 6.66. The number of rotatable bonds is 9. The molecule has 3 aromatic rings. The molecule has 0 heterocycles. The van der Waals surface area contributed by atoms with Gasteiger partial charge < -0.3 is 10.1 Å². The molecule has 7 nitrogen and oxygen atoms in total. The number of ether oxygens (including phenoxy) is 1. The molecule has 0 aromatic heterocycles. The first-order valence-corrected chi connectivity index (χ1v) is 11.8. The van der Waals surface area contributed by atoms with Gasteiger partial charge in [-0.05, 0) is 55.0 Å². The number of allylic oxidation sites excluding steroid dienone is 1. The normalized spacial score (nSPS) is 11.1. The van der Waals surface area contributed by atoms with E-state index in [1.165, 1.54) is 24.3 Å². The van der Waals surface area contributed by atoms with Crippen LogP contribution in [0.25, 0.3) is 6.08 Å². The molecule has 0 fully saturated rings. The van der Waals surface area contributed by atoms with Crippen molar-refractivity contribution in [3.05, 3.63) is 108 Å². The number of hydrogen-bond donors (Lipinski definition) is 2. The number of anilines is 1. The summed E-state index contributed by atoms with van der Waals surface area (Å²) >= 11 is 0. The third-order valence-electron chi connectivity index (χ3n) is 4.67. The van der Waals surface area contributed by atoms with Crippen molar-refractivity contribution in [3.63, 3.8) is 0 Å². The van der Waals surface area contributed by atoms with Crippen molar-refractivity contribution in [3.8, 4) is 5.75 Å². The second kappa shape index (κ2) is 11.1. The van der Waals surface area contributed by atoms with Gasteiger partial charge in [-0.2, -0.15) is 0 Å². The number of ketones is 1. The molecule has 0 saturated carbocycles. The molecule has 0 atom stereocenters. The maximum Gasteiger partial charge on any atom is 0.333 e. The maximum absolute atomic E-state index is 12.8. The molecule has 0 bridgehead atoms. The largest absolute Gasteiger partial charge is 0.490 e. The van der Waals surface area contributed by atoms with E-state index in [0.29, 0.717) is 12.4 Å². The highest BCUT2D eigenvalue weighted by Crippen LogP contribution is 2.18. The van der Waals surface area contributed by atoms with Crippen molar-refractivity contribution in [2.75, 3.05) is 11.9 Å². The smallest absolute Gasteiger partial charge is 0.333 e. The first kappa shape index (κ1) is 24.5. The van der Waals surface area contributed by atoms with Crippen molar-refractivity contribution >= 4 is 33.6 Å². The van der Waals surface area contributed by atoms with Crippen molar-refractivity contribution in [1.82, 2.24) is 4.72 Å². The van der Waals surface area contributed by atoms with E-state index in [9.17, 15) is 18.0 Å². The predicted octanol–water partition coefficient (Wildman–Crippen LogP) is 4.97. The van der Waals surface area contributed by atoms with Gasteiger partial charge in [0.15, 0.2) is 5.78 Å². The molecule has 3 rings (SSSR count). The topological polar surface area (TPSA) is 102 Å². The average molecular weight is 477 g/mol. The molecular formula is C26H24N2O5S. The first-order valence-electron chi connectivity index (χ1n) is 10.3. The lowest BCUT2D eigenvalue weighted by Gasteiger charge is -2.11. The van der Waals surface area contributed by atoms with Gasteiger partial charge >= 0.3 is 6.03 Å². The standard InChI is InChI=1S/C26H24N2O5S/c1-3-18-33-21-13-10-20(11-14-21)12-17-25(29)23-6-4-5-7-24(23)27-26(30)28-34(31,32)22-15-8-19(2)9-16-22/h3-17H,1,18H2,2H3,(H2,27,28,30)/b17-12+. The lowest BCUT2D eigenvalue weighted by molar-refractivity contribution is 0.104. The van der Waals surface area contributed by atoms with Gasteiger partial charge in [0.25, 0.3) is 10.0 Å². The zero-order chi connectivity index (χ0) is 24.6. The lowest BCUT2D eigenvalue weighted by Crippen LogP contribution is -2.34. The Bertz CT molecular complexity index is 1310. The van der Waals surface area contributed by atoms with Crippen LogP contribution in [0.15, 0.2) is 96.4 Å². The van der Waals surface area contributed by atoms with Crippen LogP contribution < -0.4 is 14.8 Å². The quantitative estimate of drug-likeness (QED) is 0.258. The van der Waals surface area contributed by atoms with E-state index < -0.39 is 16.1 Å². The summed E-state index contributed by atoms with van der Waals surface area (Å²) < 4.78 is 32.3. The number of para-hydroxylation sites is 1. The van der Waals surface area contributed by atoms with Crippen LogP contribution in [0.2, 0.25) is 0 Å². The van der Waals surface area contributed by atoms with E-state index in [1.54, 1.807) is 66.7 Å². The second-order valence-corrected chi connectivity index (χ2v) is 8.97. The molecule has 0 saturated heterocycles. The molecule has 0 spiro atoms. The van der Waals surface area contributed by atoms with E-state index in [4.69, 9.17) is 4.74 Å². The van der Waals surface area contributed by atoms with E-state index in [1.807, 2.05) is 11.6 Å². The highest BCUT2D eigenvalue weighted by atomic mass is 32.2. The van der Waals surface area contributed by atoms with Crippen molar-refractivity contribution < 1.29 is 22.7 Å². The molecule has 3 aromatic carbocycles. The van der Waals surface area contributed by atoms with Gasteiger partial charge in [-0.25, -0.2) is 17.9 Å². The van der Waals surface area contributed by atoms with Gasteiger partial charge in [-0.15, -0.1) is 0 Å². The first-order chi connectivity index (χ1) is 16.3. The number of nitrogens with one attached hydrogen (secondary N) is 2. The Morgan fingerprint density at radius 1 is 0.971 bits per heavy atom. The molecule has 8 heteroatoms. The minimum Gasteiger partial charge on any atom is -0.490 e. The van der Waals surface area contributed by atoms with Crippen LogP contribution in [0.5, 0.6) is 5.75 Å². The van der Waals surface area contributed by atoms with Crippen LogP contribution in [0.3, 0.4) is 0 Å². The van der Waals surface area contributed by atoms with E-state index in [0.717, 1.165) is 11.1 Å². The fourth-order valence-electron chi connectivity index (χ4n) is 2.95. The fraction of sp³-hybridized carbons (Fsp3) is 0.0769. The number of hydrogen-bond acceptors (Lipinski definition) is 5. The molecule has 0 aliphatic heterocycles. The van der Waals surface area contributed by atoms with Crippen LogP contribution in [-0.2, 0) is 10.0 Å². The molecule has 174 valence electrons. The fourth-order valence-corrected chi connectivity index (χ4v) is 3.85. The minimum atomic E-state index is -4.06.